The third-order valence-corrected chi connectivity index (χ3v) is 3.05. The highest BCUT2D eigenvalue weighted by Crippen LogP contribution is 2.26. The van der Waals surface area contributed by atoms with Crippen LogP contribution < -0.4 is 0 Å². The molecule has 0 bridgehead atoms. The van der Waals surface area contributed by atoms with Crippen LogP contribution in [0.15, 0.2) is 52.5 Å². The molecular formula is C12H7ClN2S. The number of hydrogen-bond donors (Lipinski definition) is 0. The molecule has 0 N–H and O–H groups in total. The molecule has 16 heavy (non-hydrogen) atoms. The van der Waals surface area contributed by atoms with Gasteiger partial charge >= 0.3 is 0 Å². The minimum absolute atomic E-state index is 0.620. The largest absolute Gasteiger partial charge is 0.248 e. The van der Waals surface area contributed by atoms with Gasteiger partial charge in [-0.2, -0.15) is 5.26 Å². The first kappa shape index (κ1) is 11.0. The van der Waals surface area contributed by atoms with Crippen LogP contribution in [0.5, 0.6) is 0 Å². The van der Waals surface area contributed by atoms with E-state index >= 15 is 0 Å². The second-order valence-corrected chi connectivity index (χ2v) is 4.59. The summed E-state index contributed by atoms with van der Waals surface area (Å²) in [6.45, 7) is 0. The van der Waals surface area contributed by atoms with Crippen molar-refractivity contribution in [1.29, 1.82) is 5.26 Å². The summed E-state index contributed by atoms with van der Waals surface area (Å²) in [5.74, 6) is 0. The van der Waals surface area contributed by atoms with E-state index in [0.29, 0.717) is 10.6 Å². The summed E-state index contributed by atoms with van der Waals surface area (Å²) in [7, 11) is 0. The van der Waals surface area contributed by atoms with Gasteiger partial charge in [-0.05, 0) is 30.3 Å². The van der Waals surface area contributed by atoms with E-state index in [1.807, 2.05) is 24.3 Å². The predicted molar refractivity (Wildman–Crippen MR) is 64.5 cm³/mol. The Morgan fingerprint density at radius 1 is 1.25 bits per heavy atom. The minimum atomic E-state index is 0.620. The van der Waals surface area contributed by atoms with Crippen molar-refractivity contribution in [3.63, 3.8) is 0 Å². The van der Waals surface area contributed by atoms with Crippen molar-refractivity contribution < 1.29 is 0 Å². The van der Waals surface area contributed by atoms with Gasteiger partial charge in [-0.3, -0.25) is 0 Å². The minimum Gasteiger partial charge on any atom is -0.248 e. The zero-order chi connectivity index (χ0) is 11.4. The van der Waals surface area contributed by atoms with Crippen LogP contribution in [0.25, 0.3) is 0 Å². The molecule has 0 atom stereocenters. The van der Waals surface area contributed by atoms with Gasteiger partial charge in [0.1, 0.15) is 5.03 Å². The van der Waals surface area contributed by atoms with Crippen LogP contribution in [0.1, 0.15) is 5.56 Å². The summed E-state index contributed by atoms with van der Waals surface area (Å²) in [6.07, 6.45) is 1.61. The fourth-order valence-corrected chi connectivity index (χ4v) is 2.10. The third kappa shape index (κ3) is 2.75. The van der Waals surface area contributed by atoms with Gasteiger partial charge in [0.2, 0.25) is 0 Å². The van der Waals surface area contributed by atoms with Crippen molar-refractivity contribution in [3.8, 4) is 6.07 Å². The molecule has 0 fully saturated rings. The lowest BCUT2D eigenvalue weighted by Crippen LogP contribution is -1.80. The van der Waals surface area contributed by atoms with Crippen LogP contribution in [-0.2, 0) is 0 Å². The highest BCUT2D eigenvalue weighted by atomic mass is 35.5. The van der Waals surface area contributed by atoms with Crippen molar-refractivity contribution >= 4 is 23.4 Å². The Morgan fingerprint density at radius 3 is 2.81 bits per heavy atom. The molecule has 0 saturated carbocycles. The molecule has 1 heterocycles. The second kappa shape index (κ2) is 5.02. The summed E-state index contributed by atoms with van der Waals surface area (Å²) in [5, 5.41) is 10.3. The molecule has 0 spiro atoms. The predicted octanol–water partition coefficient (Wildman–Crippen LogP) is 3.76. The van der Waals surface area contributed by atoms with Gasteiger partial charge in [-0.15, -0.1) is 0 Å². The van der Waals surface area contributed by atoms with Crippen LogP contribution >= 0.6 is 23.4 Å². The number of hydrogen-bond acceptors (Lipinski definition) is 3. The number of nitrogens with zero attached hydrogens (tertiary/aromatic N) is 2. The van der Waals surface area contributed by atoms with E-state index in [-0.39, 0.29) is 0 Å². The molecule has 0 aliphatic carbocycles. The lowest BCUT2D eigenvalue weighted by atomic mass is 10.2. The van der Waals surface area contributed by atoms with Crippen LogP contribution in [-0.4, -0.2) is 4.98 Å². The van der Waals surface area contributed by atoms with Gasteiger partial charge in [0, 0.05) is 11.1 Å². The first-order valence-electron chi connectivity index (χ1n) is 4.57. The normalized spacial score (nSPS) is 9.75. The maximum Gasteiger partial charge on any atom is 0.101 e. The Morgan fingerprint density at radius 2 is 2.12 bits per heavy atom. The molecule has 78 valence electrons. The summed E-state index contributed by atoms with van der Waals surface area (Å²) in [5.41, 5.74) is 0.652. The third-order valence-electron chi connectivity index (χ3n) is 1.89. The number of nitriles is 1. The van der Waals surface area contributed by atoms with Crippen molar-refractivity contribution in [1.82, 2.24) is 4.98 Å². The standard InChI is InChI=1S/C12H7ClN2S/c13-10-4-5-12(15-8-10)16-11-3-1-2-9(6-11)7-14/h1-6,8H. The number of aromatic nitrogens is 1. The SMILES string of the molecule is N#Cc1cccc(Sc2ccc(Cl)cn2)c1. The molecule has 0 amide bonds. The molecule has 0 unspecified atom stereocenters. The number of halogens is 1. The van der Waals surface area contributed by atoms with Crippen molar-refractivity contribution in [2.45, 2.75) is 9.92 Å². The van der Waals surface area contributed by atoms with Gasteiger partial charge in [0.05, 0.1) is 16.7 Å². The lowest BCUT2D eigenvalue weighted by molar-refractivity contribution is 1.13. The Kier molecular flexibility index (Phi) is 3.45. The molecular weight excluding hydrogens is 240 g/mol. The van der Waals surface area contributed by atoms with Gasteiger partial charge in [0.15, 0.2) is 0 Å². The van der Waals surface area contributed by atoms with E-state index in [1.54, 1.807) is 18.3 Å². The maximum absolute atomic E-state index is 8.77. The molecule has 0 radical (unpaired) electrons. The maximum atomic E-state index is 8.77. The van der Waals surface area contributed by atoms with Crippen LogP contribution in [0, 0.1) is 11.3 Å². The Bertz CT molecular complexity index is 531. The van der Waals surface area contributed by atoms with E-state index in [2.05, 4.69) is 11.1 Å². The molecule has 1 aromatic heterocycles. The molecule has 0 saturated heterocycles. The zero-order valence-electron chi connectivity index (χ0n) is 8.22. The average Bonchev–Trinajstić information content (AvgIpc) is 2.32. The summed E-state index contributed by atoms with van der Waals surface area (Å²) in [6, 6.07) is 13.2. The Labute approximate surface area is 103 Å². The van der Waals surface area contributed by atoms with Crippen molar-refractivity contribution in [2.24, 2.45) is 0 Å². The molecule has 2 aromatic rings. The molecule has 4 heteroatoms. The first-order chi connectivity index (χ1) is 7.78. The smallest absolute Gasteiger partial charge is 0.101 e. The molecule has 0 aliphatic heterocycles. The molecule has 1 aromatic carbocycles. The summed E-state index contributed by atoms with van der Waals surface area (Å²) in [4.78, 5) is 5.17. The fourth-order valence-electron chi connectivity index (χ4n) is 1.17. The molecule has 2 nitrogen and oxygen atoms in total. The van der Waals surface area contributed by atoms with E-state index in [9.17, 15) is 0 Å². The topological polar surface area (TPSA) is 36.7 Å². The van der Waals surface area contributed by atoms with E-state index in [4.69, 9.17) is 16.9 Å². The molecule has 2 rings (SSSR count). The fraction of sp³-hybridized carbons (Fsp3) is 0. The summed E-state index contributed by atoms with van der Waals surface area (Å²) < 4.78 is 0. The monoisotopic (exact) mass is 246 g/mol. The van der Waals surface area contributed by atoms with Crippen molar-refractivity contribution in [3.05, 3.63) is 53.2 Å². The second-order valence-electron chi connectivity index (χ2n) is 3.06. The quantitative estimate of drug-likeness (QED) is 0.810. The average molecular weight is 247 g/mol. The number of pyridine rings is 1. The van der Waals surface area contributed by atoms with Crippen LogP contribution in [0.4, 0.5) is 0 Å². The van der Waals surface area contributed by atoms with E-state index in [0.717, 1.165) is 9.92 Å². The van der Waals surface area contributed by atoms with Gasteiger partial charge in [-0.25, -0.2) is 4.98 Å². The van der Waals surface area contributed by atoms with Gasteiger partial charge < -0.3 is 0 Å². The highest BCUT2D eigenvalue weighted by molar-refractivity contribution is 7.99. The van der Waals surface area contributed by atoms with E-state index < -0.39 is 0 Å². The van der Waals surface area contributed by atoms with Crippen molar-refractivity contribution in [2.75, 3.05) is 0 Å². The lowest BCUT2D eigenvalue weighted by Gasteiger charge is -2.00. The van der Waals surface area contributed by atoms with Gasteiger partial charge in [0.25, 0.3) is 0 Å². The number of benzene rings is 1. The Balaban J connectivity index is 2.21. The number of rotatable bonds is 2. The zero-order valence-corrected chi connectivity index (χ0v) is 9.79. The van der Waals surface area contributed by atoms with Gasteiger partial charge in [-0.1, -0.05) is 29.4 Å². The summed E-state index contributed by atoms with van der Waals surface area (Å²) >= 11 is 7.25. The van der Waals surface area contributed by atoms with Crippen LogP contribution in [0.2, 0.25) is 5.02 Å². The molecule has 0 aliphatic rings. The highest BCUT2D eigenvalue weighted by Gasteiger charge is 1.99. The van der Waals surface area contributed by atoms with Crippen LogP contribution in [0.3, 0.4) is 0 Å². The van der Waals surface area contributed by atoms with E-state index in [1.165, 1.54) is 11.8 Å². The Hall–Kier alpha value is -1.50. The first-order valence-corrected chi connectivity index (χ1v) is 5.77.